The highest BCUT2D eigenvalue weighted by Crippen LogP contribution is 2.12. The van der Waals surface area contributed by atoms with Gasteiger partial charge in [0.15, 0.2) is 0 Å². The van der Waals surface area contributed by atoms with E-state index in [4.69, 9.17) is 11.5 Å². The summed E-state index contributed by atoms with van der Waals surface area (Å²) in [4.78, 5) is 0. The van der Waals surface area contributed by atoms with Crippen molar-refractivity contribution in [3.63, 3.8) is 0 Å². The Morgan fingerprint density at radius 1 is 1.64 bits per heavy atom. The maximum atomic E-state index is 5.70. The Hall–Kier alpha value is -0.800. The second kappa shape index (κ2) is 3.07. The van der Waals surface area contributed by atoms with Gasteiger partial charge in [-0.05, 0) is 18.6 Å². The Kier molecular flexibility index (Phi) is 2.31. The summed E-state index contributed by atoms with van der Waals surface area (Å²) >= 11 is 0. The van der Waals surface area contributed by atoms with Crippen molar-refractivity contribution in [1.82, 2.24) is 4.57 Å². The molecule has 0 aromatic carbocycles. The molecule has 3 nitrogen and oxygen atoms in total. The van der Waals surface area contributed by atoms with Crippen LogP contribution in [-0.2, 0) is 13.6 Å². The van der Waals surface area contributed by atoms with Crippen molar-refractivity contribution in [1.29, 1.82) is 0 Å². The van der Waals surface area contributed by atoms with Crippen molar-refractivity contribution in [3.8, 4) is 0 Å². The van der Waals surface area contributed by atoms with Crippen LogP contribution in [-0.4, -0.2) is 4.57 Å². The van der Waals surface area contributed by atoms with Gasteiger partial charge in [-0.2, -0.15) is 0 Å². The molecule has 0 aliphatic rings. The van der Waals surface area contributed by atoms with Crippen molar-refractivity contribution in [3.05, 3.63) is 23.5 Å². The highest BCUT2D eigenvalue weighted by Gasteiger charge is 2.03. The van der Waals surface area contributed by atoms with Gasteiger partial charge in [0, 0.05) is 31.5 Å². The molecule has 1 aromatic rings. The maximum Gasteiger partial charge on any atom is 0.0334 e. The zero-order valence-electron chi connectivity index (χ0n) is 7.04. The number of nitrogens with zero attached hydrogens (tertiary/aromatic N) is 1. The summed E-state index contributed by atoms with van der Waals surface area (Å²) in [7, 11) is 1.98. The van der Waals surface area contributed by atoms with E-state index in [0.29, 0.717) is 6.54 Å². The number of rotatable bonds is 2. The monoisotopic (exact) mass is 153 g/mol. The van der Waals surface area contributed by atoms with Gasteiger partial charge in [0.05, 0.1) is 0 Å². The Balaban J connectivity index is 2.95. The molecule has 0 saturated carbocycles. The summed E-state index contributed by atoms with van der Waals surface area (Å²) < 4.78 is 2.01. The lowest BCUT2D eigenvalue weighted by atomic mass is 10.2. The summed E-state index contributed by atoms with van der Waals surface area (Å²) in [5, 5.41) is 0. The van der Waals surface area contributed by atoms with Crippen LogP contribution in [0.5, 0.6) is 0 Å². The molecule has 1 heterocycles. The fraction of sp³-hybridized carbons (Fsp3) is 0.500. The fourth-order valence-corrected chi connectivity index (χ4v) is 1.09. The SMILES string of the molecule is CC(N)c1cc(CN)n(C)c1. The van der Waals surface area contributed by atoms with E-state index in [2.05, 4.69) is 0 Å². The number of nitrogens with two attached hydrogens (primary N) is 2. The standard InChI is InChI=1S/C8H15N3/c1-6(10)7-3-8(4-9)11(2)5-7/h3,5-6H,4,9-10H2,1-2H3. The lowest BCUT2D eigenvalue weighted by Gasteiger charge is -1.97. The minimum Gasteiger partial charge on any atom is -0.353 e. The lowest BCUT2D eigenvalue weighted by Crippen LogP contribution is -2.03. The molecule has 4 N–H and O–H groups in total. The van der Waals surface area contributed by atoms with Crippen molar-refractivity contribution in [2.24, 2.45) is 18.5 Å². The van der Waals surface area contributed by atoms with E-state index in [1.165, 1.54) is 0 Å². The second-order valence-electron chi connectivity index (χ2n) is 2.87. The van der Waals surface area contributed by atoms with Crippen LogP contribution in [0.25, 0.3) is 0 Å². The number of aryl methyl sites for hydroxylation is 1. The molecule has 0 spiro atoms. The van der Waals surface area contributed by atoms with Gasteiger partial charge in [0.2, 0.25) is 0 Å². The number of hydrogen-bond donors (Lipinski definition) is 2. The first-order valence-electron chi connectivity index (χ1n) is 3.76. The van der Waals surface area contributed by atoms with E-state index in [1.807, 2.05) is 30.8 Å². The molecule has 1 aromatic heterocycles. The largest absolute Gasteiger partial charge is 0.353 e. The van der Waals surface area contributed by atoms with E-state index in [9.17, 15) is 0 Å². The molecule has 0 radical (unpaired) electrons. The van der Waals surface area contributed by atoms with E-state index in [1.54, 1.807) is 0 Å². The van der Waals surface area contributed by atoms with Crippen LogP contribution < -0.4 is 11.5 Å². The second-order valence-corrected chi connectivity index (χ2v) is 2.87. The Morgan fingerprint density at radius 3 is 2.55 bits per heavy atom. The van der Waals surface area contributed by atoms with Gasteiger partial charge < -0.3 is 16.0 Å². The van der Waals surface area contributed by atoms with Gasteiger partial charge in [0.25, 0.3) is 0 Å². The zero-order valence-corrected chi connectivity index (χ0v) is 7.04. The highest BCUT2D eigenvalue weighted by atomic mass is 14.9. The van der Waals surface area contributed by atoms with Crippen LogP contribution in [0.4, 0.5) is 0 Å². The third-order valence-electron chi connectivity index (χ3n) is 1.86. The van der Waals surface area contributed by atoms with Crippen molar-refractivity contribution in [2.45, 2.75) is 19.5 Å². The lowest BCUT2D eigenvalue weighted by molar-refractivity contribution is 0.799. The number of hydrogen-bond acceptors (Lipinski definition) is 2. The molecule has 0 aliphatic carbocycles. The number of aromatic nitrogens is 1. The molecule has 0 amide bonds. The summed E-state index contributed by atoms with van der Waals surface area (Å²) in [6.07, 6.45) is 2.02. The Labute approximate surface area is 67.0 Å². The first-order chi connectivity index (χ1) is 5.15. The highest BCUT2D eigenvalue weighted by molar-refractivity contribution is 5.20. The molecule has 3 heteroatoms. The predicted octanol–water partition coefficient (Wildman–Crippen LogP) is 0.503. The van der Waals surface area contributed by atoms with Gasteiger partial charge >= 0.3 is 0 Å². The maximum absolute atomic E-state index is 5.70. The molecule has 0 fully saturated rings. The molecule has 1 rings (SSSR count). The Morgan fingerprint density at radius 2 is 2.27 bits per heavy atom. The van der Waals surface area contributed by atoms with Crippen LogP contribution in [0.3, 0.4) is 0 Å². The molecule has 1 unspecified atom stereocenters. The van der Waals surface area contributed by atoms with Gasteiger partial charge in [-0.25, -0.2) is 0 Å². The van der Waals surface area contributed by atoms with Crippen LogP contribution in [0, 0.1) is 0 Å². The minimum absolute atomic E-state index is 0.0986. The van der Waals surface area contributed by atoms with Gasteiger partial charge in [-0.3, -0.25) is 0 Å². The quantitative estimate of drug-likeness (QED) is 0.650. The van der Waals surface area contributed by atoms with Crippen LogP contribution in [0.2, 0.25) is 0 Å². The van der Waals surface area contributed by atoms with Gasteiger partial charge in [-0.1, -0.05) is 0 Å². The summed E-state index contributed by atoms with van der Waals surface area (Å²) in [6, 6.07) is 2.14. The van der Waals surface area contributed by atoms with Gasteiger partial charge in [-0.15, -0.1) is 0 Å². The summed E-state index contributed by atoms with van der Waals surface area (Å²) in [6.45, 7) is 2.54. The third-order valence-corrected chi connectivity index (χ3v) is 1.86. The normalized spacial score (nSPS) is 13.5. The average molecular weight is 153 g/mol. The molecule has 0 aliphatic heterocycles. The fourth-order valence-electron chi connectivity index (χ4n) is 1.09. The van der Waals surface area contributed by atoms with E-state index in [-0.39, 0.29) is 6.04 Å². The predicted molar refractivity (Wildman–Crippen MR) is 45.9 cm³/mol. The van der Waals surface area contributed by atoms with Crippen molar-refractivity contribution in [2.75, 3.05) is 0 Å². The molecule has 1 atom stereocenters. The molecular weight excluding hydrogens is 138 g/mol. The van der Waals surface area contributed by atoms with Crippen molar-refractivity contribution < 1.29 is 0 Å². The van der Waals surface area contributed by atoms with E-state index in [0.717, 1.165) is 11.3 Å². The molecule has 0 bridgehead atoms. The van der Waals surface area contributed by atoms with Crippen LogP contribution in [0.15, 0.2) is 12.3 Å². The smallest absolute Gasteiger partial charge is 0.0334 e. The third kappa shape index (κ3) is 1.61. The average Bonchev–Trinajstić information content (AvgIpc) is 2.31. The molecular formula is C8H15N3. The first kappa shape index (κ1) is 8.30. The zero-order chi connectivity index (χ0) is 8.43. The van der Waals surface area contributed by atoms with E-state index < -0.39 is 0 Å². The topological polar surface area (TPSA) is 57.0 Å². The van der Waals surface area contributed by atoms with E-state index >= 15 is 0 Å². The summed E-state index contributed by atoms with van der Waals surface area (Å²) in [5.74, 6) is 0. The Bertz CT molecular complexity index is 237. The summed E-state index contributed by atoms with van der Waals surface area (Å²) in [5.41, 5.74) is 13.5. The first-order valence-corrected chi connectivity index (χ1v) is 3.76. The van der Waals surface area contributed by atoms with Crippen molar-refractivity contribution >= 4 is 0 Å². The van der Waals surface area contributed by atoms with Crippen LogP contribution >= 0.6 is 0 Å². The van der Waals surface area contributed by atoms with Gasteiger partial charge in [0.1, 0.15) is 0 Å². The molecule has 0 saturated heterocycles. The molecule has 11 heavy (non-hydrogen) atoms. The van der Waals surface area contributed by atoms with Crippen LogP contribution in [0.1, 0.15) is 24.2 Å². The molecule has 62 valence electrons. The minimum atomic E-state index is 0.0986.